The van der Waals surface area contributed by atoms with Crippen LogP contribution in [0.25, 0.3) is 0 Å². The average Bonchev–Trinajstić information content (AvgIpc) is 3.26. The Morgan fingerprint density at radius 2 is 1.75 bits per heavy atom. The SMILES string of the molecule is CSCCC(NC(=O)C(NC(=O)C1CCCN1)C(C)O)C(=O)NC(CCC(N)=O)C(=O)O. The number of aliphatic carboxylic acids is 1. The highest BCUT2D eigenvalue weighted by Gasteiger charge is 2.33. The number of rotatable bonds is 14. The number of aliphatic hydroxyl groups is 1. The van der Waals surface area contributed by atoms with Gasteiger partial charge in [0.1, 0.15) is 18.1 Å². The maximum absolute atomic E-state index is 12.8. The van der Waals surface area contributed by atoms with E-state index in [4.69, 9.17) is 5.73 Å². The molecule has 32 heavy (non-hydrogen) atoms. The maximum atomic E-state index is 12.8. The molecular formula is C19H33N5O7S. The third kappa shape index (κ3) is 9.40. The van der Waals surface area contributed by atoms with E-state index in [1.165, 1.54) is 18.7 Å². The van der Waals surface area contributed by atoms with E-state index < -0.39 is 59.9 Å². The summed E-state index contributed by atoms with van der Waals surface area (Å²) in [5.41, 5.74) is 5.04. The van der Waals surface area contributed by atoms with E-state index in [1.807, 2.05) is 0 Å². The number of nitrogens with one attached hydrogen (secondary N) is 4. The first-order chi connectivity index (χ1) is 15.1. The fraction of sp³-hybridized carbons (Fsp3) is 0.737. The number of carbonyl (C=O) groups is 5. The lowest BCUT2D eigenvalue weighted by Crippen LogP contribution is -2.59. The van der Waals surface area contributed by atoms with Gasteiger partial charge in [0.2, 0.25) is 23.6 Å². The molecule has 5 atom stereocenters. The van der Waals surface area contributed by atoms with Crippen molar-refractivity contribution in [2.24, 2.45) is 5.73 Å². The molecule has 182 valence electrons. The smallest absolute Gasteiger partial charge is 0.326 e. The van der Waals surface area contributed by atoms with Gasteiger partial charge in [-0.05, 0) is 51.2 Å². The summed E-state index contributed by atoms with van der Waals surface area (Å²) in [5.74, 6) is -3.51. The van der Waals surface area contributed by atoms with Crippen molar-refractivity contribution in [2.45, 2.75) is 69.3 Å². The summed E-state index contributed by atoms with van der Waals surface area (Å²) in [6.07, 6.45) is 1.77. The van der Waals surface area contributed by atoms with Crippen LogP contribution in [0.15, 0.2) is 0 Å². The zero-order chi connectivity index (χ0) is 24.3. The summed E-state index contributed by atoms with van der Waals surface area (Å²) in [7, 11) is 0. The van der Waals surface area contributed by atoms with E-state index in [2.05, 4.69) is 21.3 Å². The van der Waals surface area contributed by atoms with Gasteiger partial charge in [-0.15, -0.1) is 0 Å². The Labute approximate surface area is 190 Å². The van der Waals surface area contributed by atoms with E-state index in [1.54, 1.807) is 6.26 Å². The van der Waals surface area contributed by atoms with Crippen molar-refractivity contribution < 1.29 is 34.2 Å². The second-order valence-corrected chi connectivity index (χ2v) is 8.61. The van der Waals surface area contributed by atoms with E-state index in [-0.39, 0.29) is 19.3 Å². The number of hydrogen-bond acceptors (Lipinski definition) is 8. The maximum Gasteiger partial charge on any atom is 0.326 e. The van der Waals surface area contributed by atoms with E-state index in [9.17, 15) is 34.2 Å². The van der Waals surface area contributed by atoms with Gasteiger partial charge in [0.05, 0.1) is 12.1 Å². The third-order valence-electron chi connectivity index (χ3n) is 4.98. The Morgan fingerprint density at radius 3 is 2.25 bits per heavy atom. The van der Waals surface area contributed by atoms with Crippen LogP contribution in [-0.2, 0) is 24.0 Å². The molecule has 0 spiro atoms. The number of aliphatic hydroxyl groups excluding tert-OH is 1. The van der Waals surface area contributed by atoms with Gasteiger partial charge >= 0.3 is 5.97 Å². The third-order valence-corrected chi connectivity index (χ3v) is 5.62. The molecule has 0 aromatic rings. The summed E-state index contributed by atoms with van der Waals surface area (Å²) >= 11 is 1.42. The van der Waals surface area contributed by atoms with E-state index in [0.717, 1.165) is 6.42 Å². The fourth-order valence-corrected chi connectivity index (χ4v) is 3.62. The number of carbonyl (C=O) groups excluding carboxylic acids is 4. The highest BCUT2D eigenvalue weighted by Crippen LogP contribution is 2.08. The topological polar surface area (TPSA) is 200 Å². The first kappa shape index (κ1) is 27.7. The predicted molar refractivity (Wildman–Crippen MR) is 118 cm³/mol. The molecule has 12 nitrogen and oxygen atoms in total. The molecule has 1 heterocycles. The van der Waals surface area contributed by atoms with E-state index >= 15 is 0 Å². The van der Waals surface area contributed by atoms with Crippen molar-refractivity contribution in [1.29, 1.82) is 0 Å². The fourth-order valence-electron chi connectivity index (χ4n) is 3.15. The Kier molecular flexibility index (Phi) is 12.0. The molecule has 8 N–H and O–H groups in total. The molecule has 0 aliphatic carbocycles. The Morgan fingerprint density at radius 1 is 1.09 bits per heavy atom. The molecule has 0 saturated carbocycles. The van der Waals surface area contributed by atoms with Crippen molar-refractivity contribution in [2.75, 3.05) is 18.6 Å². The lowest BCUT2D eigenvalue weighted by atomic mass is 10.1. The van der Waals surface area contributed by atoms with E-state index in [0.29, 0.717) is 18.7 Å². The predicted octanol–water partition coefficient (Wildman–Crippen LogP) is -2.32. The molecule has 0 bridgehead atoms. The number of amides is 4. The van der Waals surface area contributed by atoms with Crippen LogP contribution in [-0.4, -0.2) is 88.6 Å². The monoisotopic (exact) mass is 475 g/mol. The summed E-state index contributed by atoms with van der Waals surface area (Å²) in [4.78, 5) is 60.2. The van der Waals surface area contributed by atoms with Crippen LogP contribution in [0.4, 0.5) is 0 Å². The van der Waals surface area contributed by atoms with Gasteiger partial charge in [-0.25, -0.2) is 4.79 Å². The summed E-state index contributed by atoms with van der Waals surface area (Å²) in [6.45, 7) is 2.02. The Balaban J connectivity index is 2.85. The van der Waals surface area contributed by atoms with Gasteiger partial charge in [-0.1, -0.05) is 0 Å². The minimum Gasteiger partial charge on any atom is -0.480 e. The molecule has 0 radical (unpaired) electrons. The van der Waals surface area contributed by atoms with Crippen LogP contribution >= 0.6 is 11.8 Å². The van der Waals surface area contributed by atoms with Crippen molar-refractivity contribution in [3.63, 3.8) is 0 Å². The number of primary amides is 1. The standard InChI is InChI=1S/C19H33N5O7S/c1-10(25)15(24-16(27)11-4-3-8-21-11)18(29)22-12(7-9-32-2)17(28)23-13(19(30)31)5-6-14(20)26/h10-13,15,21,25H,3-9H2,1-2H3,(H2,20,26)(H,22,29)(H,23,28)(H,24,27)(H,30,31). The minimum absolute atomic E-state index is 0.186. The second kappa shape index (κ2) is 13.9. The zero-order valence-corrected chi connectivity index (χ0v) is 19.1. The lowest BCUT2D eigenvalue weighted by molar-refractivity contribution is -0.142. The normalized spacial score (nSPS) is 19.3. The lowest BCUT2D eigenvalue weighted by Gasteiger charge is -2.26. The number of carboxylic acids is 1. The summed E-state index contributed by atoms with van der Waals surface area (Å²) < 4.78 is 0. The van der Waals surface area contributed by atoms with Crippen LogP contribution in [0.5, 0.6) is 0 Å². The molecule has 1 fully saturated rings. The molecule has 1 aliphatic heterocycles. The van der Waals surface area contributed by atoms with Gasteiger partial charge in [0.15, 0.2) is 0 Å². The van der Waals surface area contributed by atoms with Gasteiger partial charge in [-0.2, -0.15) is 11.8 Å². The van der Waals surface area contributed by atoms with Gasteiger partial charge in [0, 0.05) is 6.42 Å². The largest absolute Gasteiger partial charge is 0.480 e. The van der Waals surface area contributed by atoms with Crippen LogP contribution < -0.4 is 27.0 Å². The van der Waals surface area contributed by atoms with Crippen LogP contribution in [0.1, 0.15) is 39.0 Å². The summed E-state index contributed by atoms with van der Waals surface area (Å²) in [6, 6.07) is -4.21. The number of thioether (sulfide) groups is 1. The highest BCUT2D eigenvalue weighted by atomic mass is 32.2. The first-order valence-corrected chi connectivity index (χ1v) is 11.8. The Hall–Kier alpha value is -2.38. The summed E-state index contributed by atoms with van der Waals surface area (Å²) in [5, 5.41) is 29.6. The molecule has 13 heteroatoms. The molecule has 0 aromatic carbocycles. The zero-order valence-electron chi connectivity index (χ0n) is 18.3. The van der Waals surface area contributed by atoms with Gasteiger partial charge < -0.3 is 37.2 Å². The first-order valence-electron chi connectivity index (χ1n) is 10.4. The molecule has 1 rings (SSSR count). The van der Waals surface area contributed by atoms with Crippen molar-refractivity contribution in [3.05, 3.63) is 0 Å². The highest BCUT2D eigenvalue weighted by molar-refractivity contribution is 7.98. The number of hydrogen-bond donors (Lipinski definition) is 7. The number of carboxylic acid groups (broad SMARTS) is 1. The Bertz CT molecular complexity index is 685. The minimum atomic E-state index is -1.36. The van der Waals surface area contributed by atoms with Crippen molar-refractivity contribution in [3.8, 4) is 0 Å². The second-order valence-electron chi connectivity index (χ2n) is 7.62. The quantitative estimate of drug-likeness (QED) is 0.144. The van der Waals surface area contributed by atoms with Crippen LogP contribution in [0.3, 0.4) is 0 Å². The van der Waals surface area contributed by atoms with Gasteiger partial charge in [-0.3, -0.25) is 19.2 Å². The van der Waals surface area contributed by atoms with Crippen molar-refractivity contribution >= 4 is 41.4 Å². The molecular weight excluding hydrogens is 442 g/mol. The molecule has 5 unspecified atom stereocenters. The van der Waals surface area contributed by atoms with Crippen LogP contribution in [0, 0.1) is 0 Å². The molecule has 4 amide bonds. The van der Waals surface area contributed by atoms with Crippen molar-refractivity contribution in [1.82, 2.24) is 21.3 Å². The van der Waals surface area contributed by atoms with Gasteiger partial charge in [0.25, 0.3) is 0 Å². The molecule has 1 aliphatic rings. The molecule has 1 saturated heterocycles. The average molecular weight is 476 g/mol. The van der Waals surface area contributed by atoms with Crippen LogP contribution in [0.2, 0.25) is 0 Å². The number of nitrogens with two attached hydrogens (primary N) is 1. The molecule has 0 aromatic heterocycles.